The van der Waals surface area contributed by atoms with Gasteiger partial charge in [-0.1, -0.05) is 41.9 Å². The highest BCUT2D eigenvalue weighted by Gasteiger charge is 2.25. The van der Waals surface area contributed by atoms with Crippen molar-refractivity contribution in [1.29, 1.82) is 0 Å². The summed E-state index contributed by atoms with van der Waals surface area (Å²) < 4.78 is 12.4. The normalized spacial score (nSPS) is 14.3. The lowest BCUT2D eigenvalue weighted by Crippen LogP contribution is -2.03. The van der Waals surface area contributed by atoms with Crippen LogP contribution in [0.1, 0.15) is 45.1 Å². The lowest BCUT2D eigenvalue weighted by Gasteiger charge is -2.13. The maximum absolute atomic E-state index is 12.5. The van der Waals surface area contributed by atoms with Crippen molar-refractivity contribution in [2.75, 3.05) is 6.61 Å². The Morgan fingerprint density at radius 3 is 2.62 bits per heavy atom. The van der Waals surface area contributed by atoms with Crippen molar-refractivity contribution in [3.8, 4) is 17.0 Å². The molecule has 0 saturated carbocycles. The van der Waals surface area contributed by atoms with Crippen LogP contribution in [0, 0.1) is 6.92 Å². The number of carbonyl (C=O) groups is 1. The summed E-state index contributed by atoms with van der Waals surface area (Å²) in [5.41, 5.74) is 8.88. The van der Waals surface area contributed by atoms with Gasteiger partial charge in [-0.05, 0) is 55.0 Å². The number of ether oxygens (including phenoxy) is 1. The SMILES string of the molecule is Cc1nn(C)c2c1CSCc1cc(n(C)n1)CSc1cc(c3ccccc3c1)OCCCc1c(C=O)n(C)c3c-2c(Cl)ccc13. The van der Waals surface area contributed by atoms with Crippen LogP contribution in [0.4, 0.5) is 0 Å². The van der Waals surface area contributed by atoms with Gasteiger partial charge in [0.2, 0.25) is 0 Å². The maximum atomic E-state index is 12.5. The number of aromatic nitrogens is 5. The van der Waals surface area contributed by atoms with Crippen LogP contribution in [0.15, 0.2) is 59.5 Å². The fraction of sp³-hybridized carbons (Fsp3) is 0.286. The summed E-state index contributed by atoms with van der Waals surface area (Å²) in [7, 11) is 5.94. The highest BCUT2D eigenvalue weighted by atomic mass is 35.5. The van der Waals surface area contributed by atoms with Gasteiger partial charge in [0.1, 0.15) is 5.75 Å². The molecule has 0 atom stereocenters. The molecule has 0 fully saturated rings. The van der Waals surface area contributed by atoms with Gasteiger partial charge in [0.05, 0.1) is 39.9 Å². The standard InChI is InChI=1S/C35H34ClN5O2S2/c1-21-29-20-44-18-23-15-24(40(3)38-23)19-45-25-14-22-8-5-6-9-26(22)32(16-25)43-13-7-10-27-28-11-12-30(36)33(35(29)41(4)37-21)34(28)39(2)31(27)17-42/h5-6,8-9,11-12,14-17H,7,10,13,18-20H2,1-4H3. The number of aryl methyl sites for hydroxylation is 5. The van der Waals surface area contributed by atoms with Crippen molar-refractivity contribution in [3.05, 3.63) is 93.5 Å². The van der Waals surface area contributed by atoms with E-state index in [0.717, 1.165) is 96.1 Å². The second-order valence-corrected chi connectivity index (χ2v) is 14.0. The molecule has 7 rings (SSSR count). The molecule has 0 radical (unpaired) electrons. The van der Waals surface area contributed by atoms with E-state index in [1.54, 1.807) is 11.8 Å². The van der Waals surface area contributed by atoms with Crippen LogP contribution in [-0.2, 0) is 44.8 Å². The third-order valence-electron chi connectivity index (χ3n) is 8.69. The Hall–Kier alpha value is -3.66. The Balaban J connectivity index is 1.35. The quantitative estimate of drug-likeness (QED) is 0.166. The molecule has 0 saturated heterocycles. The minimum Gasteiger partial charge on any atom is -0.493 e. The van der Waals surface area contributed by atoms with E-state index in [2.05, 4.69) is 43.3 Å². The van der Waals surface area contributed by atoms with Gasteiger partial charge < -0.3 is 9.30 Å². The molecular weight excluding hydrogens is 622 g/mol. The summed E-state index contributed by atoms with van der Waals surface area (Å²) in [6.07, 6.45) is 2.43. The van der Waals surface area contributed by atoms with Crippen molar-refractivity contribution in [1.82, 2.24) is 24.1 Å². The number of aldehydes is 1. The van der Waals surface area contributed by atoms with Gasteiger partial charge in [0, 0.05) is 70.9 Å². The third kappa shape index (κ3) is 5.45. The first kappa shape index (κ1) is 30.0. The van der Waals surface area contributed by atoms with Crippen LogP contribution in [0.25, 0.3) is 32.9 Å². The van der Waals surface area contributed by atoms with Crippen LogP contribution in [0.2, 0.25) is 5.02 Å². The zero-order valence-corrected chi connectivity index (χ0v) is 28.2. The molecule has 45 heavy (non-hydrogen) atoms. The predicted octanol–water partition coefficient (Wildman–Crippen LogP) is 8.29. The zero-order chi connectivity index (χ0) is 31.2. The Kier molecular flexibility index (Phi) is 8.18. The lowest BCUT2D eigenvalue weighted by atomic mass is 10.0. The van der Waals surface area contributed by atoms with Gasteiger partial charge in [-0.3, -0.25) is 14.2 Å². The molecule has 8 bridgehead atoms. The van der Waals surface area contributed by atoms with E-state index < -0.39 is 0 Å². The molecular formula is C35H34ClN5O2S2. The van der Waals surface area contributed by atoms with E-state index in [4.69, 9.17) is 26.5 Å². The molecule has 4 heterocycles. The van der Waals surface area contributed by atoms with Gasteiger partial charge >= 0.3 is 0 Å². The molecule has 0 amide bonds. The molecule has 3 aromatic heterocycles. The second-order valence-electron chi connectivity index (χ2n) is 11.5. The van der Waals surface area contributed by atoms with Crippen LogP contribution >= 0.6 is 35.1 Å². The monoisotopic (exact) mass is 655 g/mol. The summed E-state index contributed by atoms with van der Waals surface area (Å²) in [5, 5.41) is 13.6. The summed E-state index contributed by atoms with van der Waals surface area (Å²) in [6, 6.07) is 19.0. The number of fused-ring (bicyclic) bond motifs is 8. The summed E-state index contributed by atoms with van der Waals surface area (Å²) >= 11 is 10.6. The van der Waals surface area contributed by atoms with Crippen LogP contribution in [-0.4, -0.2) is 37.0 Å². The lowest BCUT2D eigenvalue weighted by molar-refractivity contribution is 0.111. The molecule has 1 aliphatic rings. The average Bonchev–Trinajstić information content (AvgIpc) is 3.62. The molecule has 7 nitrogen and oxygen atoms in total. The van der Waals surface area contributed by atoms with Gasteiger partial charge in [-0.15, -0.1) is 11.8 Å². The number of benzene rings is 3. The number of halogens is 1. The van der Waals surface area contributed by atoms with Crippen LogP contribution in [0.5, 0.6) is 5.75 Å². The summed E-state index contributed by atoms with van der Waals surface area (Å²) in [6.45, 7) is 2.58. The molecule has 10 heteroatoms. The predicted molar refractivity (Wildman–Crippen MR) is 186 cm³/mol. The first-order chi connectivity index (χ1) is 21.8. The number of hydrogen-bond acceptors (Lipinski definition) is 6. The fourth-order valence-corrected chi connectivity index (χ4v) is 8.75. The number of nitrogens with zero attached hydrogens (tertiary/aromatic N) is 5. The van der Waals surface area contributed by atoms with E-state index in [0.29, 0.717) is 23.7 Å². The first-order valence-electron chi connectivity index (χ1n) is 15.0. The van der Waals surface area contributed by atoms with E-state index in [1.807, 2.05) is 65.0 Å². The van der Waals surface area contributed by atoms with Crippen LogP contribution in [0.3, 0.4) is 0 Å². The van der Waals surface area contributed by atoms with Crippen molar-refractivity contribution in [2.45, 2.75) is 41.9 Å². The Labute approximate surface area is 275 Å². The Morgan fingerprint density at radius 1 is 0.933 bits per heavy atom. The Bertz CT molecular complexity index is 2090. The van der Waals surface area contributed by atoms with Gasteiger partial charge in [-0.25, -0.2) is 0 Å². The minimum atomic E-state index is 0.528. The average molecular weight is 656 g/mol. The Morgan fingerprint density at radius 2 is 1.78 bits per heavy atom. The highest BCUT2D eigenvalue weighted by molar-refractivity contribution is 7.98. The van der Waals surface area contributed by atoms with Crippen molar-refractivity contribution in [3.63, 3.8) is 0 Å². The molecule has 0 N–H and O–H groups in total. The van der Waals surface area contributed by atoms with Crippen LogP contribution < -0.4 is 4.74 Å². The molecule has 6 aromatic rings. The number of thioether (sulfide) groups is 2. The molecule has 0 unspecified atom stereocenters. The largest absolute Gasteiger partial charge is 0.493 e. The number of rotatable bonds is 1. The maximum Gasteiger partial charge on any atom is 0.166 e. The third-order valence-corrected chi connectivity index (χ3v) is 11.0. The van der Waals surface area contributed by atoms with Gasteiger partial charge in [-0.2, -0.15) is 22.0 Å². The highest BCUT2D eigenvalue weighted by Crippen LogP contribution is 2.42. The summed E-state index contributed by atoms with van der Waals surface area (Å²) in [4.78, 5) is 13.7. The first-order valence-corrected chi connectivity index (χ1v) is 17.5. The van der Waals surface area contributed by atoms with Crippen molar-refractivity contribution < 1.29 is 9.53 Å². The van der Waals surface area contributed by atoms with Crippen molar-refractivity contribution in [2.24, 2.45) is 21.1 Å². The van der Waals surface area contributed by atoms with Crippen molar-refractivity contribution >= 4 is 63.1 Å². The molecule has 1 aliphatic heterocycles. The zero-order valence-electron chi connectivity index (χ0n) is 25.8. The molecule has 0 spiro atoms. The fourth-order valence-electron chi connectivity index (χ4n) is 6.52. The van der Waals surface area contributed by atoms with Gasteiger partial charge in [0.25, 0.3) is 0 Å². The topological polar surface area (TPSA) is 66.9 Å². The minimum absolute atomic E-state index is 0.528. The van der Waals surface area contributed by atoms with E-state index in [1.165, 1.54) is 5.69 Å². The van der Waals surface area contributed by atoms with Gasteiger partial charge in [0.15, 0.2) is 6.29 Å². The number of hydrogen-bond donors (Lipinski definition) is 0. The number of carbonyl (C=O) groups excluding carboxylic acids is 1. The molecule has 230 valence electrons. The molecule has 0 aliphatic carbocycles. The smallest absolute Gasteiger partial charge is 0.166 e. The summed E-state index contributed by atoms with van der Waals surface area (Å²) in [5.74, 6) is 3.23. The molecule has 3 aromatic carbocycles. The second kappa shape index (κ2) is 12.3. The van der Waals surface area contributed by atoms with E-state index >= 15 is 0 Å². The van der Waals surface area contributed by atoms with E-state index in [-0.39, 0.29) is 0 Å². The van der Waals surface area contributed by atoms with E-state index in [9.17, 15) is 4.79 Å².